The number of nitrogens with zero attached hydrogens (tertiary/aromatic N) is 7. The molecule has 3 aromatic rings. The lowest BCUT2D eigenvalue weighted by Gasteiger charge is -2.30. The molecule has 1 aliphatic carbocycles. The average molecular weight is 349 g/mol. The molecule has 1 fully saturated rings. The zero-order valence-corrected chi connectivity index (χ0v) is 14.4. The molecule has 0 bridgehead atoms. The second-order valence-electron chi connectivity index (χ2n) is 6.96. The Balaban J connectivity index is 1.34. The van der Waals surface area contributed by atoms with E-state index < -0.39 is 0 Å². The van der Waals surface area contributed by atoms with Crippen LogP contribution in [0.15, 0.2) is 24.7 Å². The molecule has 5 rings (SSSR count). The molecule has 8 nitrogen and oxygen atoms in total. The number of fused-ring (bicyclic) bond motifs is 2. The van der Waals surface area contributed by atoms with Crippen LogP contribution < -0.4 is 0 Å². The summed E-state index contributed by atoms with van der Waals surface area (Å²) < 4.78 is 1.91. The lowest BCUT2D eigenvalue weighted by atomic mass is 9.96. The number of hydrogen-bond donors (Lipinski definition) is 0. The number of amides is 1. The summed E-state index contributed by atoms with van der Waals surface area (Å²) in [6.45, 7) is 1.36. The molecule has 1 aliphatic heterocycles. The van der Waals surface area contributed by atoms with Gasteiger partial charge in [-0.2, -0.15) is 9.61 Å². The van der Waals surface area contributed by atoms with E-state index in [2.05, 4.69) is 26.2 Å². The molecule has 0 N–H and O–H groups in total. The molecule has 0 unspecified atom stereocenters. The molecule has 0 aromatic carbocycles. The third kappa shape index (κ3) is 2.53. The minimum Gasteiger partial charge on any atom is -0.337 e. The second kappa shape index (κ2) is 6.12. The number of likely N-dealkylation sites (tertiary alicyclic amines) is 1. The Bertz CT molecular complexity index is 960. The molecule has 0 saturated carbocycles. The Kier molecular flexibility index (Phi) is 3.62. The standard InChI is InChI=1S/C18H19N7O/c26-18(15-11-19-6-7-20-15)24-8-4-12(5-9-24)17-22-21-16-10-13-2-1-3-14(13)23-25(16)17/h6-7,10-12H,1-5,8-9H2. The van der Waals surface area contributed by atoms with Gasteiger partial charge in [0.25, 0.3) is 5.91 Å². The van der Waals surface area contributed by atoms with Gasteiger partial charge < -0.3 is 4.90 Å². The number of hydrogen-bond acceptors (Lipinski definition) is 6. The van der Waals surface area contributed by atoms with E-state index in [0.29, 0.717) is 18.8 Å². The van der Waals surface area contributed by atoms with Gasteiger partial charge in [0.2, 0.25) is 0 Å². The van der Waals surface area contributed by atoms with Crippen molar-refractivity contribution in [1.82, 2.24) is 34.7 Å². The zero-order chi connectivity index (χ0) is 17.5. The minimum absolute atomic E-state index is 0.0569. The Morgan fingerprint density at radius 2 is 2.00 bits per heavy atom. The second-order valence-corrected chi connectivity index (χ2v) is 6.96. The SMILES string of the molecule is O=C(c1cnccn1)N1CCC(c2nnc3cc4c(nn23)CCC4)CC1. The zero-order valence-electron chi connectivity index (χ0n) is 14.4. The van der Waals surface area contributed by atoms with Crippen LogP contribution in [-0.2, 0) is 12.8 Å². The highest BCUT2D eigenvalue weighted by atomic mass is 16.2. The first-order valence-corrected chi connectivity index (χ1v) is 9.09. The fraction of sp³-hybridized carbons (Fsp3) is 0.444. The van der Waals surface area contributed by atoms with Crippen molar-refractivity contribution < 1.29 is 4.79 Å². The largest absolute Gasteiger partial charge is 0.337 e. The summed E-state index contributed by atoms with van der Waals surface area (Å²) in [5, 5.41) is 13.5. The van der Waals surface area contributed by atoms with Gasteiger partial charge in [0.1, 0.15) is 5.69 Å². The summed E-state index contributed by atoms with van der Waals surface area (Å²) in [6, 6.07) is 2.12. The van der Waals surface area contributed by atoms with Crippen LogP contribution in [0.2, 0.25) is 0 Å². The van der Waals surface area contributed by atoms with Crippen molar-refractivity contribution >= 4 is 11.6 Å². The van der Waals surface area contributed by atoms with E-state index >= 15 is 0 Å². The van der Waals surface area contributed by atoms with Crippen LogP contribution in [0, 0.1) is 0 Å². The molecule has 3 aromatic heterocycles. The first-order chi connectivity index (χ1) is 12.8. The fourth-order valence-electron chi connectivity index (χ4n) is 3.96. The van der Waals surface area contributed by atoms with Gasteiger partial charge in [-0.3, -0.25) is 9.78 Å². The maximum atomic E-state index is 12.5. The summed E-state index contributed by atoms with van der Waals surface area (Å²) in [5.41, 5.74) is 3.71. The average Bonchev–Trinajstić information content (AvgIpc) is 3.32. The number of aryl methyl sites for hydroxylation is 2. The van der Waals surface area contributed by atoms with Gasteiger partial charge in [-0.15, -0.1) is 10.2 Å². The first kappa shape index (κ1) is 15.4. The van der Waals surface area contributed by atoms with Gasteiger partial charge in [-0.25, -0.2) is 4.98 Å². The third-order valence-electron chi connectivity index (χ3n) is 5.37. The molecule has 0 radical (unpaired) electrons. The molecular formula is C18H19N7O. The van der Waals surface area contributed by atoms with Gasteiger partial charge >= 0.3 is 0 Å². The van der Waals surface area contributed by atoms with Crippen molar-refractivity contribution in [2.75, 3.05) is 13.1 Å². The molecule has 4 heterocycles. The molecule has 1 saturated heterocycles. The summed E-state index contributed by atoms with van der Waals surface area (Å²) in [5.74, 6) is 1.13. The van der Waals surface area contributed by atoms with E-state index in [9.17, 15) is 4.79 Å². The van der Waals surface area contributed by atoms with E-state index in [-0.39, 0.29) is 11.8 Å². The summed E-state index contributed by atoms with van der Waals surface area (Å²) in [4.78, 5) is 22.4. The van der Waals surface area contributed by atoms with Crippen LogP contribution in [0.3, 0.4) is 0 Å². The van der Waals surface area contributed by atoms with Crippen molar-refractivity contribution in [1.29, 1.82) is 0 Å². The highest BCUT2D eigenvalue weighted by Gasteiger charge is 2.29. The Morgan fingerprint density at radius 1 is 1.12 bits per heavy atom. The Labute approximate surface area is 150 Å². The predicted octanol–water partition coefficient (Wildman–Crippen LogP) is 1.42. The number of rotatable bonds is 2. The Morgan fingerprint density at radius 3 is 2.81 bits per heavy atom. The predicted molar refractivity (Wildman–Crippen MR) is 92.7 cm³/mol. The van der Waals surface area contributed by atoms with Crippen molar-refractivity contribution in [2.45, 2.75) is 38.0 Å². The van der Waals surface area contributed by atoms with Gasteiger partial charge in [0.05, 0.1) is 11.9 Å². The maximum absolute atomic E-state index is 12.5. The van der Waals surface area contributed by atoms with E-state index in [1.165, 1.54) is 23.9 Å². The van der Waals surface area contributed by atoms with E-state index in [1.807, 2.05) is 9.42 Å². The molecular weight excluding hydrogens is 330 g/mol. The molecule has 132 valence electrons. The third-order valence-corrected chi connectivity index (χ3v) is 5.37. The van der Waals surface area contributed by atoms with Crippen molar-refractivity contribution in [3.63, 3.8) is 0 Å². The highest BCUT2D eigenvalue weighted by molar-refractivity contribution is 5.92. The molecule has 0 spiro atoms. The summed E-state index contributed by atoms with van der Waals surface area (Å²) >= 11 is 0. The molecule has 2 aliphatic rings. The van der Waals surface area contributed by atoms with E-state index in [4.69, 9.17) is 5.10 Å². The summed E-state index contributed by atoms with van der Waals surface area (Å²) in [7, 11) is 0. The van der Waals surface area contributed by atoms with Crippen LogP contribution in [0.1, 0.15) is 52.8 Å². The fourth-order valence-corrected chi connectivity index (χ4v) is 3.96. The number of aromatic nitrogens is 6. The number of carbonyl (C=O) groups excluding carboxylic acids is 1. The highest BCUT2D eigenvalue weighted by Crippen LogP contribution is 2.28. The number of carbonyl (C=O) groups is 1. The molecule has 0 atom stereocenters. The minimum atomic E-state index is -0.0569. The van der Waals surface area contributed by atoms with E-state index in [1.54, 1.807) is 12.4 Å². The normalized spacial score (nSPS) is 17.6. The van der Waals surface area contributed by atoms with Crippen molar-refractivity contribution in [3.05, 3.63) is 47.4 Å². The van der Waals surface area contributed by atoms with E-state index in [0.717, 1.165) is 37.2 Å². The molecule has 26 heavy (non-hydrogen) atoms. The maximum Gasteiger partial charge on any atom is 0.274 e. The monoisotopic (exact) mass is 349 g/mol. The number of piperidine rings is 1. The lowest BCUT2D eigenvalue weighted by Crippen LogP contribution is -2.38. The van der Waals surface area contributed by atoms with Crippen LogP contribution in [0.5, 0.6) is 0 Å². The smallest absolute Gasteiger partial charge is 0.274 e. The van der Waals surface area contributed by atoms with Crippen molar-refractivity contribution in [3.8, 4) is 0 Å². The summed E-state index contributed by atoms with van der Waals surface area (Å²) in [6.07, 6.45) is 9.64. The van der Waals surface area contributed by atoms with Gasteiger partial charge in [0.15, 0.2) is 11.5 Å². The van der Waals surface area contributed by atoms with Crippen LogP contribution in [0.25, 0.3) is 5.65 Å². The van der Waals surface area contributed by atoms with Crippen molar-refractivity contribution in [2.24, 2.45) is 0 Å². The van der Waals surface area contributed by atoms with Gasteiger partial charge in [-0.1, -0.05) is 0 Å². The first-order valence-electron chi connectivity index (χ1n) is 9.09. The van der Waals surface area contributed by atoms with Gasteiger partial charge in [-0.05, 0) is 43.7 Å². The van der Waals surface area contributed by atoms with Gasteiger partial charge in [0, 0.05) is 31.4 Å². The quantitative estimate of drug-likeness (QED) is 0.695. The molecule has 1 amide bonds. The Hall–Kier alpha value is -2.90. The van der Waals surface area contributed by atoms with Crippen LogP contribution >= 0.6 is 0 Å². The topological polar surface area (TPSA) is 89.2 Å². The van der Waals surface area contributed by atoms with Crippen LogP contribution in [0.4, 0.5) is 0 Å². The lowest BCUT2D eigenvalue weighted by molar-refractivity contribution is 0.0704. The van der Waals surface area contributed by atoms with Crippen LogP contribution in [-0.4, -0.2) is 53.7 Å². The molecule has 8 heteroatoms.